The molecule has 0 amide bonds. The third-order valence-electron chi connectivity index (χ3n) is 5.16. The normalized spacial score (nSPS) is 21.0. The maximum absolute atomic E-state index is 3.61. The zero-order chi connectivity index (χ0) is 13.9. The SMILES string of the molecule is CCCCC(CC)CC(CC1CCCCCC1)NC. The van der Waals surface area contributed by atoms with Crippen molar-refractivity contribution in [2.75, 3.05) is 7.05 Å². The van der Waals surface area contributed by atoms with Gasteiger partial charge in [-0.15, -0.1) is 0 Å². The van der Waals surface area contributed by atoms with Crippen LogP contribution in [-0.2, 0) is 0 Å². The Hall–Kier alpha value is -0.0400. The summed E-state index contributed by atoms with van der Waals surface area (Å²) in [7, 11) is 2.17. The average Bonchev–Trinajstić information content (AvgIpc) is 2.70. The zero-order valence-corrected chi connectivity index (χ0v) is 13.7. The zero-order valence-electron chi connectivity index (χ0n) is 13.7. The second-order valence-corrected chi connectivity index (χ2v) is 6.73. The van der Waals surface area contributed by atoms with Crippen LogP contribution < -0.4 is 5.32 Å². The maximum atomic E-state index is 3.61. The van der Waals surface area contributed by atoms with E-state index in [2.05, 4.69) is 26.2 Å². The molecule has 1 fully saturated rings. The van der Waals surface area contributed by atoms with E-state index in [1.807, 2.05) is 0 Å². The molecule has 1 N–H and O–H groups in total. The number of hydrogen-bond acceptors (Lipinski definition) is 1. The first-order chi connectivity index (χ1) is 9.30. The molecule has 1 saturated carbocycles. The Morgan fingerprint density at radius 3 is 2.26 bits per heavy atom. The molecule has 0 aliphatic heterocycles. The Morgan fingerprint density at radius 1 is 1.05 bits per heavy atom. The minimum atomic E-state index is 0.768. The van der Waals surface area contributed by atoms with Crippen LogP contribution in [0.25, 0.3) is 0 Å². The molecule has 0 aromatic carbocycles. The molecule has 114 valence electrons. The van der Waals surface area contributed by atoms with Crippen LogP contribution in [0.3, 0.4) is 0 Å². The van der Waals surface area contributed by atoms with Gasteiger partial charge in [-0.1, -0.05) is 78.1 Å². The van der Waals surface area contributed by atoms with Crippen LogP contribution >= 0.6 is 0 Å². The minimum Gasteiger partial charge on any atom is -0.317 e. The predicted molar refractivity (Wildman–Crippen MR) is 86.6 cm³/mol. The fraction of sp³-hybridized carbons (Fsp3) is 1.00. The highest BCUT2D eigenvalue weighted by molar-refractivity contribution is 4.75. The molecule has 1 aliphatic carbocycles. The van der Waals surface area contributed by atoms with E-state index in [4.69, 9.17) is 0 Å². The molecule has 0 aromatic heterocycles. The lowest BCUT2D eigenvalue weighted by molar-refractivity contribution is 0.299. The Bertz CT molecular complexity index is 194. The van der Waals surface area contributed by atoms with Gasteiger partial charge >= 0.3 is 0 Å². The van der Waals surface area contributed by atoms with Gasteiger partial charge in [0.15, 0.2) is 0 Å². The van der Waals surface area contributed by atoms with Crippen molar-refractivity contribution in [2.45, 2.75) is 96.9 Å². The maximum Gasteiger partial charge on any atom is 0.00693 e. The number of unbranched alkanes of at least 4 members (excludes halogenated alkanes) is 1. The Kier molecular flexibility index (Phi) is 9.59. The van der Waals surface area contributed by atoms with E-state index in [0.29, 0.717) is 0 Å². The molecule has 2 atom stereocenters. The summed E-state index contributed by atoms with van der Waals surface area (Å²) in [5.41, 5.74) is 0. The second kappa shape index (κ2) is 10.7. The first-order valence-corrected chi connectivity index (χ1v) is 8.97. The summed E-state index contributed by atoms with van der Waals surface area (Å²) < 4.78 is 0. The van der Waals surface area contributed by atoms with Crippen molar-refractivity contribution in [1.82, 2.24) is 5.32 Å². The molecule has 0 aromatic rings. The van der Waals surface area contributed by atoms with Crippen molar-refractivity contribution in [3.8, 4) is 0 Å². The van der Waals surface area contributed by atoms with Gasteiger partial charge in [0.25, 0.3) is 0 Å². The summed E-state index contributed by atoms with van der Waals surface area (Å²) in [5, 5.41) is 3.61. The summed E-state index contributed by atoms with van der Waals surface area (Å²) in [6.45, 7) is 4.69. The van der Waals surface area contributed by atoms with Crippen LogP contribution in [0.1, 0.15) is 90.9 Å². The number of hydrogen-bond donors (Lipinski definition) is 1. The van der Waals surface area contributed by atoms with Gasteiger partial charge in [0.05, 0.1) is 0 Å². The Labute approximate surface area is 121 Å². The quantitative estimate of drug-likeness (QED) is 0.541. The van der Waals surface area contributed by atoms with Gasteiger partial charge in [-0.2, -0.15) is 0 Å². The monoisotopic (exact) mass is 267 g/mol. The van der Waals surface area contributed by atoms with Gasteiger partial charge in [0.1, 0.15) is 0 Å². The molecule has 19 heavy (non-hydrogen) atoms. The molecular formula is C18H37N. The van der Waals surface area contributed by atoms with Crippen molar-refractivity contribution in [3.05, 3.63) is 0 Å². The van der Waals surface area contributed by atoms with Gasteiger partial charge < -0.3 is 5.32 Å². The van der Waals surface area contributed by atoms with Crippen LogP contribution in [0, 0.1) is 11.8 Å². The highest BCUT2D eigenvalue weighted by atomic mass is 14.9. The van der Waals surface area contributed by atoms with Crippen molar-refractivity contribution in [1.29, 1.82) is 0 Å². The molecule has 1 nitrogen and oxygen atoms in total. The number of rotatable bonds is 9. The smallest absolute Gasteiger partial charge is 0.00693 e. The molecule has 1 heteroatoms. The molecule has 0 heterocycles. The van der Waals surface area contributed by atoms with E-state index in [-0.39, 0.29) is 0 Å². The highest BCUT2D eigenvalue weighted by Crippen LogP contribution is 2.29. The van der Waals surface area contributed by atoms with Gasteiger partial charge in [0, 0.05) is 6.04 Å². The second-order valence-electron chi connectivity index (χ2n) is 6.73. The fourth-order valence-corrected chi connectivity index (χ4v) is 3.72. The Morgan fingerprint density at radius 2 is 1.74 bits per heavy atom. The van der Waals surface area contributed by atoms with Crippen LogP contribution in [0.4, 0.5) is 0 Å². The summed E-state index contributed by atoms with van der Waals surface area (Å²) in [6, 6.07) is 0.768. The lowest BCUT2D eigenvalue weighted by atomic mass is 9.86. The average molecular weight is 268 g/mol. The van der Waals surface area contributed by atoms with Crippen LogP contribution in [0.5, 0.6) is 0 Å². The molecule has 1 aliphatic rings. The van der Waals surface area contributed by atoms with Gasteiger partial charge in [0.2, 0.25) is 0 Å². The molecular weight excluding hydrogens is 230 g/mol. The summed E-state index contributed by atoms with van der Waals surface area (Å²) in [4.78, 5) is 0. The molecule has 1 rings (SSSR count). The standard InChI is InChI=1S/C18H37N/c1-4-6-11-16(5-2)14-18(19-3)15-17-12-9-7-8-10-13-17/h16-19H,4-15H2,1-3H3. The van der Waals surface area contributed by atoms with Crippen LogP contribution in [0.15, 0.2) is 0 Å². The van der Waals surface area contributed by atoms with E-state index in [1.165, 1.54) is 77.0 Å². The summed E-state index contributed by atoms with van der Waals surface area (Å²) in [5.74, 6) is 1.95. The fourth-order valence-electron chi connectivity index (χ4n) is 3.72. The topological polar surface area (TPSA) is 12.0 Å². The van der Waals surface area contributed by atoms with Gasteiger partial charge in [-0.05, 0) is 31.7 Å². The lowest BCUT2D eigenvalue weighted by Crippen LogP contribution is -2.30. The third kappa shape index (κ3) is 7.34. The third-order valence-corrected chi connectivity index (χ3v) is 5.16. The lowest BCUT2D eigenvalue weighted by Gasteiger charge is -2.26. The van der Waals surface area contributed by atoms with Crippen molar-refractivity contribution in [2.24, 2.45) is 11.8 Å². The summed E-state index contributed by atoms with van der Waals surface area (Å²) in [6.07, 6.45) is 17.3. The van der Waals surface area contributed by atoms with Crippen molar-refractivity contribution < 1.29 is 0 Å². The van der Waals surface area contributed by atoms with Crippen LogP contribution in [-0.4, -0.2) is 13.1 Å². The molecule has 0 bridgehead atoms. The first-order valence-electron chi connectivity index (χ1n) is 8.97. The van der Waals surface area contributed by atoms with Crippen molar-refractivity contribution >= 4 is 0 Å². The van der Waals surface area contributed by atoms with Crippen molar-refractivity contribution in [3.63, 3.8) is 0 Å². The summed E-state index contributed by atoms with van der Waals surface area (Å²) >= 11 is 0. The van der Waals surface area contributed by atoms with E-state index >= 15 is 0 Å². The van der Waals surface area contributed by atoms with Crippen LogP contribution in [0.2, 0.25) is 0 Å². The molecule has 0 radical (unpaired) electrons. The highest BCUT2D eigenvalue weighted by Gasteiger charge is 2.19. The molecule has 0 spiro atoms. The Balaban J connectivity index is 2.33. The van der Waals surface area contributed by atoms with Gasteiger partial charge in [-0.25, -0.2) is 0 Å². The predicted octanol–water partition coefficient (Wildman–Crippen LogP) is 5.54. The van der Waals surface area contributed by atoms with E-state index in [9.17, 15) is 0 Å². The first kappa shape index (κ1) is 17.0. The van der Waals surface area contributed by atoms with E-state index in [1.54, 1.807) is 0 Å². The van der Waals surface area contributed by atoms with Gasteiger partial charge in [-0.3, -0.25) is 0 Å². The largest absolute Gasteiger partial charge is 0.317 e. The molecule has 2 unspecified atom stereocenters. The van der Waals surface area contributed by atoms with E-state index < -0.39 is 0 Å². The van der Waals surface area contributed by atoms with E-state index in [0.717, 1.165) is 17.9 Å². The number of nitrogens with one attached hydrogen (secondary N) is 1. The minimum absolute atomic E-state index is 0.768. The molecule has 0 saturated heterocycles.